The number of nitrogens with zero attached hydrogens (tertiary/aromatic N) is 2. The molecule has 6 nitrogen and oxygen atoms in total. The molecule has 112 valence electrons. The molecule has 1 saturated heterocycles. The van der Waals surface area contributed by atoms with Crippen LogP contribution < -0.4 is 0 Å². The Morgan fingerprint density at radius 1 is 1.45 bits per heavy atom. The summed E-state index contributed by atoms with van der Waals surface area (Å²) in [6, 6.07) is 2.16. The van der Waals surface area contributed by atoms with Crippen molar-refractivity contribution in [2.24, 2.45) is 5.41 Å². The second-order valence-corrected chi connectivity index (χ2v) is 4.93. The number of hydrogen-bond donors (Lipinski definition) is 0. The smallest absolute Gasteiger partial charge is 0.308 e. The quantitative estimate of drug-likeness (QED) is 0.706. The van der Waals surface area contributed by atoms with Gasteiger partial charge in [-0.3, -0.25) is 9.59 Å². The highest BCUT2D eigenvalue weighted by atomic mass is 16.5. The second kappa shape index (κ2) is 7.25. The number of rotatable bonds is 5. The molecule has 1 fully saturated rings. The standard InChI is InChI=1S/C14H22N2O4/c1-4-14(5-2,10-15)13(18)16-6-7-20-11(9-16)8-12(17)19-3/h11H,4-9H2,1-3H3. The van der Waals surface area contributed by atoms with Crippen LogP contribution in [0.2, 0.25) is 0 Å². The van der Waals surface area contributed by atoms with Crippen molar-refractivity contribution in [3.05, 3.63) is 0 Å². The summed E-state index contributed by atoms with van der Waals surface area (Å²) in [6.07, 6.45) is 0.735. The molecule has 1 rings (SSSR count). The Labute approximate surface area is 119 Å². The summed E-state index contributed by atoms with van der Waals surface area (Å²) in [7, 11) is 1.32. The predicted octanol–water partition coefficient (Wildman–Crippen LogP) is 1.11. The molecule has 1 heterocycles. The number of carbonyl (C=O) groups is 2. The Bertz CT molecular complexity index is 398. The van der Waals surface area contributed by atoms with Crippen molar-refractivity contribution in [3.8, 4) is 6.07 Å². The Morgan fingerprint density at radius 2 is 2.10 bits per heavy atom. The zero-order valence-electron chi connectivity index (χ0n) is 12.3. The molecule has 0 saturated carbocycles. The van der Waals surface area contributed by atoms with Gasteiger partial charge in [0, 0.05) is 13.1 Å². The summed E-state index contributed by atoms with van der Waals surface area (Å²) in [5, 5.41) is 9.32. The van der Waals surface area contributed by atoms with Crippen molar-refractivity contribution in [2.75, 3.05) is 26.8 Å². The monoisotopic (exact) mass is 282 g/mol. The molecular weight excluding hydrogens is 260 g/mol. The van der Waals surface area contributed by atoms with Crippen molar-refractivity contribution in [2.45, 2.75) is 39.2 Å². The highest BCUT2D eigenvalue weighted by molar-refractivity contribution is 5.85. The summed E-state index contributed by atoms with van der Waals surface area (Å²) in [6.45, 7) is 4.85. The highest BCUT2D eigenvalue weighted by Gasteiger charge is 2.40. The van der Waals surface area contributed by atoms with Crippen LogP contribution in [0.3, 0.4) is 0 Å². The van der Waals surface area contributed by atoms with Gasteiger partial charge in [0.15, 0.2) is 0 Å². The van der Waals surface area contributed by atoms with E-state index < -0.39 is 5.41 Å². The van der Waals surface area contributed by atoms with Gasteiger partial charge in [0.1, 0.15) is 5.41 Å². The molecule has 0 spiro atoms. The van der Waals surface area contributed by atoms with E-state index in [1.165, 1.54) is 7.11 Å². The number of morpholine rings is 1. The molecule has 0 aromatic heterocycles. The van der Waals surface area contributed by atoms with Gasteiger partial charge >= 0.3 is 5.97 Å². The number of nitriles is 1. The Morgan fingerprint density at radius 3 is 2.60 bits per heavy atom. The third-order valence-electron chi connectivity index (χ3n) is 3.88. The van der Waals surface area contributed by atoms with E-state index >= 15 is 0 Å². The fraction of sp³-hybridized carbons (Fsp3) is 0.786. The average Bonchev–Trinajstić information content (AvgIpc) is 2.49. The van der Waals surface area contributed by atoms with E-state index in [9.17, 15) is 14.9 Å². The molecule has 6 heteroatoms. The molecule has 1 aliphatic rings. The van der Waals surface area contributed by atoms with Crippen LogP contribution in [0.15, 0.2) is 0 Å². The number of methoxy groups -OCH3 is 1. The van der Waals surface area contributed by atoms with E-state index in [4.69, 9.17) is 4.74 Å². The molecule has 0 aromatic rings. The van der Waals surface area contributed by atoms with Crippen LogP contribution in [0.5, 0.6) is 0 Å². The normalized spacial score (nSPS) is 19.3. The molecule has 0 radical (unpaired) electrons. The van der Waals surface area contributed by atoms with Crippen molar-refractivity contribution in [1.29, 1.82) is 5.26 Å². The minimum atomic E-state index is -0.965. The minimum absolute atomic E-state index is 0.123. The van der Waals surface area contributed by atoms with Crippen LogP contribution >= 0.6 is 0 Å². The number of esters is 1. The van der Waals surface area contributed by atoms with E-state index in [1.807, 2.05) is 13.8 Å². The lowest BCUT2D eigenvalue weighted by molar-refractivity contribution is -0.153. The fourth-order valence-electron chi connectivity index (χ4n) is 2.36. The summed E-state index contributed by atoms with van der Waals surface area (Å²) < 4.78 is 10.1. The number of hydrogen-bond acceptors (Lipinski definition) is 5. The van der Waals surface area contributed by atoms with Gasteiger partial charge in [-0.2, -0.15) is 5.26 Å². The fourth-order valence-corrected chi connectivity index (χ4v) is 2.36. The zero-order chi connectivity index (χ0) is 15.2. The first-order valence-corrected chi connectivity index (χ1v) is 6.92. The summed E-state index contributed by atoms with van der Waals surface area (Å²) >= 11 is 0. The van der Waals surface area contributed by atoms with Gasteiger partial charge in [-0.25, -0.2) is 0 Å². The van der Waals surface area contributed by atoms with Crippen LogP contribution in [0.1, 0.15) is 33.1 Å². The second-order valence-electron chi connectivity index (χ2n) is 4.93. The molecule has 0 N–H and O–H groups in total. The Hall–Kier alpha value is -1.61. The van der Waals surface area contributed by atoms with Crippen LogP contribution in [0.25, 0.3) is 0 Å². The van der Waals surface area contributed by atoms with E-state index in [2.05, 4.69) is 10.8 Å². The van der Waals surface area contributed by atoms with Crippen LogP contribution in [-0.4, -0.2) is 49.7 Å². The lowest BCUT2D eigenvalue weighted by atomic mass is 9.82. The molecule has 0 aromatic carbocycles. The van der Waals surface area contributed by atoms with Crippen molar-refractivity contribution in [3.63, 3.8) is 0 Å². The Kier molecular flexibility index (Phi) is 5.96. The minimum Gasteiger partial charge on any atom is -0.469 e. The molecule has 1 aliphatic heterocycles. The molecule has 20 heavy (non-hydrogen) atoms. The van der Waals surface area contributed by atoms with Gasteiger partial charge in [0.25, 0.3) is 0 Å². The number of carbonyl (C=O) groups excluding carboxylic acids is 2. The van der Waals surface area contributed by atoms with E-state index in [0.717, 1.165) is 0 Å². The van der Waals surface area contributed by atoms with Crippen molar-refractivity contribution in [1.82, 2.24) is 4.90 Å². The topological polar surface area (TPSA) is 79.6 Å². The summed E-state index contributed by atoms with van der Waals surface area (Å²) in [4.78, 5) is 25.4. The SMILES string of the molecule is CCC(C#N)(CC)C(=O)N1CCOC(CC(=O)OC)C1. The van der Waals surface area contributed by atoms with E-state index in [1.54, 1.807) is 4.90 Å². The van der Waals surface area contributed by atoms with Crippen molar-refractivity contribution >= 4 is 11.9 Å². The average molecular weight is 282 g/mol. The first-order valence-electron chi connectivity index (χ1n) is 6.92. The third-order valence-corrected chi connectivity index (χ3v) is 3.88. The number of amides is 1. The first kappa shape index (κ1) is 16.4. The maximum atomic E-state index is 12.5. The highest BCUT2D eigenvalue weighted by Crippen LogP contribution is 2.29. The zero-order valence-corrected chi connectivity index (χ0v) is 12.3. The summed E-state index contributed by atoms with van der Waals surface area (Å²) in [5.74, 6) is -0.523. The maximum absolute atomic E-state index is 12.5. The van der Waals surface area contributed by atoms with Crippen LogP contribution in [0.4, 0.5) is 0 Å². The molecule has 1 amide bonds. The van der Waals surface area contributed by atoms with Crippen molar-refractivity contribution < 1.29 is 19.1 Å². The van der Waals surface area contributed by atoms with Gasteiger partial charge in [0.2, 0.25) is 5.91 Å². The van der Waals surface area contributed by atoms with Gasteiger partial charge in [-0.1, -0.05) is 13.8 Å². The lowest BCUT2D eigenvalue weighted by Gasteiger charge is -2.36. The van der Waals surface area contributed by atoms with Crippen LogP contribution in [0, 0.1) is 16.7 Å². The predicted molar refractivity (Wildman–Crippen MR) is 71.6 cm³/mol. The van der Waals surface area contributed by atoms with E-state index in [0.29, 0.717) is 32.5 Å². The van der Waals surface area contributed by atoms with Gasteiger partial charge in [0.05, 0.1) is 32.3 Å². The molecule has 1 unspecified atom stereocenters. The first-order chi connectivity index (χ1) is 9.52. The Balaban J connectivity index is 2.74. The summed E-state index contributed by atoms with van der Waals surface area (Å²) in [5.41, 5.74) is -0.965. The van der Waals surface area contributed by atoms with Gasteiger partial charge in [-0.15, -0.1) is 0 Å². The largest absolute Gasteiger partial charge is 0.469 e. The van der Waals surface area contributed by atoms with Gasteiger partial charge < -0.3 is 14.4 Å². The molecule has 1 atom stereocenters. The molecule has 0 aliphatic carbocycles. The number of ether oxygens (including phenoxy) is 2. The molecular formula is C14H22N2O4. The van der Waals surface area contributed by atoms with Crippen LogP contribution in [-0.2, 0) is 19.1 Å². The maximum Gasteiger partial charge on any atom is 0.308 e. The lowest BCUT2D eigenvalue weighted by Crippen LogP contribution is -2.51. The molecule has 0 bridgehead atoms. The van der Waals surface area contributed by atoms with E-state index in [-0.39, 0.29) is 24.4 Å². The van der Waals surface area contributed by atoms with Gasteiger partial charge in [-0.05, 0) is 12.8 Å². The third kappa shape index (κ3) is 3.48.